The lowest BCUT2D eigenvalue weighted by Gasteiger charge is -1.98. The van der Waals surface area contributed by atoms with E-state index in [9.17, 15) is 9.59 Å². The van der Waals surface area contributed by atoms with Gasteiger partial charge in [-0.3, -0.25) is 0 Å². The first-order valence-corrected chi connectivity index (χ1v) is 3.43. The van der Waals surface area contributed by atoms with Crippen molar-refractivity contribution in [2.75, 3.05) is 0 Å². The van der Waals surface area contributed by atoms with Crippen molar-refractivity contribution in [2.45, 2.75) is 0 Å². The van der Waals surface area contributed by atoms with Gasteiger partial charge < -0.3 is 15.5 Å². The summed E-state index contributed by atoms with van der Waals surface area (Å²) in [5.41, 5.74) is -0.0556. The van der Waals surface area contributed by atoms with Gasteiger partial charge >= 0.3 is 11.9 Å². The topological polar surface area (TPSA) is 86.6 Å². The molecule has 1 heterocycles. The van der Waals surface area contributed by atoms with E-state index < -0.39 is 11.9 Å². The Balaban J connectivity index is 0.00000169. The molecule has 0 unspecified atom stereocenters. The maximum absolute atomic E-state index is 10.5. The monoisotopic (exact) mass is 217 g/mol. The highest BCUT2D eigenvalue weighted by Crippen LogP contribution is 2.03. The molecule has 14 heavy (non-hydrogen) atoms. The van der Waals surface area contributed by atoms with Crippen molar-refractivity contribution in [3.8, 4) is 0 Å². The Morgan fingerprint density at radius 2 is 1.86 bits per heavy atom. The molecule has 5 nitrogen and oxygen atoms in total. The number of carboxylic acids is 2. The van der Waals surface area contributed by atoms with Gasteiger partial charge in [-0.25, -0.2) is 9.59 Å². The lowest BCUT2D eigenvalue weighted by Crippen LogP contribution is -2.15. The summed E-state index contributed by atoms with van der Waals surface area (Å²) in [6, 6.07) is 0. The first-order chi connectivity index (χ1) is 6.11. The third kappa shape index (κ3) is 2.95. The summed E-state index contributed by atoms with van der Waals surface area (Å²) in [5.74, 6) is -2.24. The molecule has 0 saturated carbocycles. The maximum Gasteiger partial charge on any atom is 0.352 e. The van der Waals surface area contributed by atoms with Crippen LogP contribution in [0.2, 0.25) is 0 Å². The molecule has 1 rings (SSSR count). The summed E-state index contributed by atoms with van der Waals surface area (Å²) in [5, 5.41) is 19.5. The number of hydrogen-bond donors (Lipinski definition) is 3. The van der Waals surface area contributed by atoms with Crippen LogP contribution in [0.4, 0.5) is 0 Å². The van der Waals surface area contributed by atoms with E-state index in [0.717, 1.165) is 6.20 Å². The summed E-state index contributed by atoms with van der Waals surface area (Å²) in [4.78, 5) is 20.9. The second-order valence-electron chi connectivity index (χ2n) is 2.29. The van der Waals surface area contributed by atoms with Crippen LogP contribution < -0.4 is 5.32 Å². The lowest BCUT2D eigenvalue weighted by molar-refractivity contribution is -0.133. The molecule has 0 aromatic carbocycles. The Bertz CT molecular complexity index is 343. The molecule has 0 saturated heterocycles. The molecule has 6 heteroatoms. The van der Waals surface area contributed by atoms with Crippen LogP contribution in [0.3, 0.4) is 0 Å². The van der Waals surface area contributed by atoms with Gasteiger partial charge in [-0.05, 0) is 12.2 Å². The number of hydrogen-bond acceptors (Lipinski definition) is 3. The minimum Gasteiger partial charge on any atom is -0.478 e. The molecule has 0 aromatic rings. The molecule has 1 aliphatic heterocycles. The van der Waals surface area contributed by atoms with Gasteiger partial charge in [0.1, 0.15) is 5.70 Å². The van der Waals surface area contributed by atoms with Crippen molar-refractivity contribution in [3.63, 3.8) is 0 Å². The van der Waals surface area contributed by atoms with Gasteiger partial charge in [-0.2, -0.15) is 0 Å². The number of halogens is 1. The van der Waals surface area contributed by atoms with E-state index in [0.29, 0.717) is 0 Å². The molecule has 0 atom stereocenters. The quantitative estimate of drug-likeness (QED) is 0.627. The fourth-order valence-electron chi connectivity index (χ4n) is 0.766. The highest BCUT2D eigenvalue weighted by Gasteiger charge is 2.09. The number of allylic oxidation sites excluding steroid dienone is 2. The molecule has 1 aliphatic rings. The highest BCUT2D eigenvalue weighted by molar-refractivity contribution is 5.91. The van der Waals surface area contributed by atoms with Crippen molar-refractivity contribution in [2.24, 2.45) is 0 Å². The van der Waals surface area contributed by atoms with Gasteiger partial charge in [0.05, 0.1) is 5.57 Å². The van der Waals surface area contributed by atoms with Crippen molar-refractivity contribution in [1.29, 1.82) is 0 Å². The normalized spacial score (nSPS) is 14.0. The summed E-state index contributed by atoms with van der Waals surface area (Å²) >= 11 is 0. The Kier molecular flexibility index (Phi) is 4.45. The van der Waals surface area contributed by atoms with Gasteiger partial charge in [0.15, 0.2) is 0 Å². The van der Waals surface area contributed by atoms with Crippen LogP contribution in [0.5, 0.6) is 0 Å². The van der Waals surface area contributed by atoms with Crippen LogP contribution in [-0.4, -0.2) is 22.2 Å². The zero-order valence-corrected chi connectivity index (χ0v) is 7.75. The van der Waals surface area contributed by atoms with E-state index in [-0.39, 0.29) is 23.7 Å². The summed E-state index contributed by atoms with van der Waals surface area (Å²) in [6.07, 6.45) is 5.09. The van der Waals surface area contributed by atoms with E-state index in [2.05, 4.69) is 5.32 Å². The Labute approximate surface area is 85.8 Å². The second-order valence-corrected chi connectivity index (χ2v) is 2.29. The van der Waals surface area contributed by atoms with E-state index in [1.807, 2.05) is 0 Å². The Morgan fingerprint density at radius 3 is 2.36 bits per heavy atom. The third-order valence-corrected chi connectivity index (χ3v) is 1.40. The first kappa shape index (κ1) is 12.2. The van der Waals surface area contributed by atoms with Crippen molar-refractivity contribution in [3.05, 3.63) is 35.7 Å². The molecule has 0 radical (unpaired) electrons. The highest BCUT2D eigenvalue weighted by atomic mass is 35.5. The van der Waals surface area contributed by atoms with E-state index >= 15 is 0 Å². The molecule has 0 bridgehead atoms. The van der Waals surface area contributed by atoms with Gasteiger partial charge in [-0.15, -0.1) is 12.4 Å². The van der Waals surface area contributed by atoms with Gasteiger partial charge in [-0.1, -0.05) is 6.08 Å². The molecule has 0 spiro atoms. The minimum atomic E-state index is -1.13. The van der Waals surface area contributed by atoms with E-state index in [4.69, 9.17) is 10.2 Å². The largest absolute Gasteiger partial charge is 0.478 e. The first-order valence-electron chi connectivity index (χ1n) is 3.43. The van der Waals surface area contributed by atoms with Gasteiger partial charge in [0.25, 0.3) is 0 Å². The van der Waals surface area contributed by atoms with Crippen LogP contribution in [0.15, 0.2) is 35.7 Å². The number of carboxylic acid groups (broad SMARTS) is 2. The summed E-state index contributed by atoms with van der Waals surface area (Å²) < 4.78 is 0. The predicted octanol–water partition coefficient (Wildman–Crippen LogP) is 0.505. The number of aliphatic carboxylic acids is 2. The van der Waals surface area contributed by atoms with Crippen LogP contribution in [-0.2, 0) is 9.59 Å². The summed E-state index contributed by atoms with van der Waals surface area (Å²) in [7, 11) is 0. The number of carbonyl (C=O) groups is 2. The van der Waals surface area contributed by atoms with Crippen molar-refractivity contribution >= 4 is 24.3 Å². The fraction of sp³-hybridized carbons (Fsp3) is 0. The summed E-state index contributed by atoms with van der Waals surface area (Å²) in [6.45, 7) is 0. The SMILES string of the molecule is Cl.O=C(O)C1=CNC(C(=O)O)=CC=C1. The average molecular weight is 218 g/mol. The average Bonchev–Trinajstić information content (AvgIpc) is 2.27. The Hall–Kier alpha value is -1.75. The van der Waals surface area contributed by atoms with Crippen LogP contribution in [0.1, 0.15) is 0 Å². The van der Waals surface area contributed by atoms with Crippen molar-refractivity contribution < 1.29 is 19.8 Å². The fourth-order valence-corrected chi connectivity index (χ4v) is 0.766. The van der Waals surface area contributed by atoms with Crippen LogP contribution in [0, 0.1) is 0 Å². The van der Waals surface area contributed by atoms with E-state index in [1.165, 1.54) is 18.2 Å². The molecule has 0 aliphatic carbocycles. The van der Waals surface area contributed by atoms with Gasteiger partial charge in [0, 0.05) is 6.20 Å². The minimum absolute atomic E-state index is 0. The van der Waals surface area contributed by atoms with E-state index in [1.54, 1.807) is 0 Å². The van der Waals surface area contributed by atoms with Crippen molar-refractivity contribution in [1.82, 2.24) is 5.32 Å². The zero-order chi connectivity index (χ0) is 9.84. The molecule has 76 valence electrons. The lowest BCUT2D eigenvalue weighted by atomic mass is 10.3. The molecule has 0 amide bonds. The van der Waals surface area contributed by atoms with Crippen LogP contribution >= 0.6 is 12.4 Å². The number of nitrogens with one attached hydrogen (secondary N) is 1. The smallest absolute Gasteiger partial charge is 0.352 e. The maximum atomic E-state index is 10.5. The van der Waals surface area contributed by atoms with Crippen LogP contribution in [0.25, 0.3) is 0 Å². The van der Waals surface area contributed by atoms with Gasteiger partial charge in [0.2, 0.25) is 0 Å². The second kappa shape index (κ2) is 5.08. The molecular weight excluding hydrogens is 210 g/mol. The standard InChI is InChI=1S/C8H7NO4.ClH/c10-7(11)5-2-1-3-6(8(12)13)9-4-5;/h1-4,9H,(H,10,11)(H,12,13);1H. The molecule has 3 N–H and O–H groups in total. The third-order valence-electron chi connectivity index (χ3n) is 1.40. The number of rotatable bonds is 2. The molecular formula is C8H8ClNO4. The predicted molar refractivity (Wildman–Crippen MR) is 51.0 cm³/mol. The zero-order valence-electron chi connectivity index (χ0n) is 6.93. The Morgan fingerprint density at radius 1 is 1.21 bits per heavy atom. The molecule has 0 aromatic heterocycles. The molecule has 0 fully saturated rings.